The molecule has 0 atom stereocenters. The largest absolute Gasteiger partial charge is 0.492 e. The van der Waals surface area contributed by atoms with Crippen LogP contribution in [0.1, 0.15) is 12.5 Å². The van der Waals surface area contributed by atoms with E-state index in [1.807, 2.05) is 67.8 Å². The summed E-state index contributed by atoms with van der Waals surface area (Å²) in [5, 5.41) is 5.22. The van der Waals surface area contributed by atoms with Crippen LogP contribution in [0.4, 0.5) is 5.69 Å². The predicted molar refractivity (Wildman–Crippen MR) is 127 cm³/mol. The summed E-state index contributed by atoms with van der Waals surface area (Å²) < 4.78 is 7.75. The highest BCUT2D eigenvalue weighted by Gasteiger charge is 2.16. The molecule has 0 aliphatic rings. The lowest BCUT2D eigenvalue weighted by atomic mass is 10.2. The Labute approximate surface area is 187 Å². The fourth-order valence-electron chi connectivity index (χ4n) is 3.15. The number of benzene rings is 2. The van der Waals surface area contributed by atoms with Gasteiger partial charge in [-0.25, -0.2) is 4.98 Å². The third-order valence-electron chi connectivity index (χ3n) is 4.50. The molecule has 1 N–H and O–H groups in total. The summed E-state index contributed by atoms with van der Waals surface area (Å²) >= 11 is 2.60. The molecular formula is C23H21N3O3S2. The minimum Gasteiger partial charge on any atom is -0.492 e. The van der Waals surface area contributed by atoms with Gasteiger partial charge in [0.2, 0.25) is 5.91 Å². The Morgan fingerprint density at radius 2 is 2.03 bits per heavy atom. The normalized spacial score (nSPS) is 10.9. The number of aryl methyl sites for hydroxylation is 1. The summed E-state index contributed by atoms with van der Waals surface area (Å²) in [7, 11) is 0. The molecule has 4 aromatic rings. The van der Waals surface area contributed by atoms with Gasteiger partial charge in [0.15, 0.2) is 5.16 Å². The SMILES string of the molecule is CCOc1ccccc1NC(=O)CSc1nc2ccsc2c(=O)n1-c1cccc(C)c1. The zero-order valence-corrected chi connectivity index (χ0v) is 18.8. The molecule has 0 saturated carbocycles. The van der Waals surface area contributed by atoms with E-state index in [0.717, 1.165) is 11.3 Å². The summed E-state index contributed by atoms with van der Waals surface area (Å²) in [5.41, 5.74) is 2.90. The summed E-state index contributed by atoms with van der Waals surface area (Å²) in [5.74, 6) is 0.527. The molecule has 2 heterocycles. The second-order valence-electron chi connectivity index (χ2n) is 6.77. The van der Waals surface area contributed by atoms with Gasteiger partial charge in [0.25, 0.3) is 5.56 Å². The number of nitrogens with one attached hydrogen (secondary N) is 1. The summed E-state index contributed by atoms with van der Waals surface area (Å²) in [4.78, 5) is 30.5. The lowest BCUT2D eigenvalue weighted by molar-refractivity contribution is -0.113. The number of hydrogen-bond acceptors (Lipinski definition) is 6. The van der Waals surface area contributed by atoms with Crippen LogP contribution in [0.25, 0.3) is 15.9 Å². The smallest absolute Gasteiger partial charge is 0.276 e. The topological polar surface area (TPSA) is 73.2 Å². The second kappa shape index (κ2) is 9.36. The van der Waals surface area contributed by atoms with E-state index in [0.29, 0.717) is 33.4 Å². The number of fused-ring (bicyclic) bond motifs is 1. The standard InChI is InChI=1S/C23H21N3O3S2/c1-3-29-19-10-5-4-9-17(19)24-20(27)14-31-23-25-18-11-12-30-21(18)22(28)26(23)16-8-6-7-15(2)13-16/h4-13H,3,14H2,1-2H3,(H,24,27). The van der Waals surface area contributed by atoms with E-state index in [9.17, 15) is 9.59 Å². The first kappa shape index (κ1) is 21.1. The Bertz CT molecular complexity index is 1300. The molecule has 0 aliphatic carbocycles. The van der Waals surface area contributed by atoms with Gasteiger partial charge in [0, 0.05) is 0 Å². The van der Waals surface area contributed by atoms with Crippen molar-refractivity contribution in [3.05, 3.63) is 75.9 Å². The molecule has 4 rings (SSSR count). The number of anilines is 1. The van der Waals surface area contributed by atoms with Gasteiger partial charge in [-0.3, -0.25) is 14.2 Å². The van der Waals surface area contributed by atoms with E-state index in [-0.39, 0.29) is 17.2 Å². The fraction of sp³-hybridized carbons (Fsp3) is 0.174. The van der Waals surface area contributed by atoms with Crippen molar-refractivity contribution in [2.24, 2.45) is 0 Å². The molecule has 1 amide bonds. The van der Waals surface area contributed by atoms with Crippen LogP contribution in [-0.2, 0) is 4.79 Å². The lowest BCUT2D eigenvalue weighted by Crippen LogP contribution is -2.22. The van der Waals surface area contributed by atoms with Crippen LogP contribution < -0.4 is 15.6 Å². The van der Waals surface area contributed by atoms with Crippen LogP contribution in [0.3, 0.4) is 0 Å². The number of ether oxygens (including phenoxy) is 1. The van der Waals surface area contributed by atoms with Crippen molar-refractivity contribution < 1.29 is 9.53 Å². The van der Waals surface area contributed by atoms with Crippen LogP contribution in [0, 0.1) is 6.92 Å². The number of thioether (sulfide) groups is 1. The van der Waals surface area contributed by atoms with Crippen molar-refractivity contribution >= 4 is 44.9 Å². The first-order valence-electron chi connectivity index (χ1n) is 9.78. The van der Waals surface area contributed by atoms with Crippen molar-refractivity contribution in [2.75, 3.05) is 17.7 Å². The number of carbonyl (C=O) groups is 1. The molecule has 0 fully saturated rings. The zero-order chi connectivity index (χ0) is 21.8. The molecule has 0 bridgehead atoms. The lowest BCUT2D eigenvalue weighted by Gasteiger charge is -2.13. The minimum atomic E-state index is -0.201. The maximum Gasteiger partial charge on any atom is 0.276 e. The van der Waals surface area contributed by atoms with Crippen LogP contribution in [-0.4, -0.2) is 27.8 Å². The third kappa shape index (κ3) is 4.65. The molecule has 0 saturated heterocycles. The van der Waals surface area contributed by atoms with E-state index in [1.165, 1.54) is 23.1 Å². The number of para-hydroxylation sites is 2. The molecule has 0 aliphatic heterocycles. The Balaban J connectivity index is 1.62. The van der Waals surface area contributed by atoms with E-state index in [1.54, 1.807) is 10.6 Å². The van der Waals surface area contributed by atoms with E-state index in [4.69, 9.17) is 4.74 Å². The van der Waals surface area contributed by atoms with Gasteiger partial charge < -0.3 is 10.1 Å². The molecule has 0 spiro atoms. The number of carbonyl (C=O) groups excluding carboxylic acids is 1. The van der Waals surface area contributed by atoms with Crippen LogP contribution in [0.15, 0.2) is 69.9 Å². The van der Waals surface area contributed by atoms with Gasteiger partial charge >= 0.3 is 0 Å². The van der Waals surface area contributed by atoms with Gasteiger partial charge in [0.05, 0.1) is 29.3 Å². The number of aromatic nitrogens is 2. The third-order valence-corrected chi connectivity index (χ3v) is 6.33. The average molecular weight is 452 g/mol. The number of amides is 1. The van der Waals surface area contributed by atoms with Gasteiger partial charge in [0.1, 0.15) is 10.4 Å². The van der Waals surface area contributed by atoms with Crippen molar-refractivity contribution in [2.45, 2.75) is 19.0 Å². The van der Waals surface area contributed by atoms with Crippen molar-refractivity contribution in [1.82, 2.24) is 9.55 Å². The Morgan fingerprint density at radius 3 is 2.84 bits per heavy atom. The Hall–Kier alpha value is -3.10. The van der Waals surface area contributed by atoms with Crippen molar-refractivity contribution in [3.8, 4) is 11.4 Å². The monoisotopic (exact) mass is 451 g/mol. The van der Waals surface area contributed by atoms with Gasteiger partial charge in [-0.2, -0.15) is 0 Å². The van der Waals surface area contributed by atoms with E-state index < -0.39 is 0 Å². The predicted octanol–water partition coefficient (Wildman–Crippen LogP) is 4.89. The number of rotatable bonds is 7. The fourth-order valence-corrected chi connectivity index (χ4v) is 4.72. The maximum atomic E-state index is 13.2. The Kier molecular flexibility index (Phi) is 6.39. The quantitative estimate of drug-likeness (QED) is 0.320. The summed E-state index contributed by atoms with van der Waals surface area (Å²) in [6, 6.07) is 16.8. The summed E-state index contributed by atoms with van der Waals surface area (Å²) in [6.45, 7) is 4.38. The van der Waals surface area contributed by atoms with Crippen LogP contribution in [0.5, 0.6) is 5.75 Å². The molecule has 2 aromatic carbocycles. The minimum absolute atomic E-state index is 0.106. The highest BCUT2D eigenvalue weighted by Crippen LogP contribution is 2.26. The molecule has 2 aromatic heterocycles. The molecule has 6 nitrogen and oxygen atoms in total. The molecular weight excluding hydrogens is 430 g/mol. The summed E-state index contributed by atoms with van der Waals surface area (Å²) in [6.07, 6.45) is 0. The van der Waals surface area contributed by atoms with Crippen molar-refractivity contribution in [1.29, 1.82) is 0 Å². The highest BCUT2D eigenvalue weighted by molar-refractivity contribution is 7.99. The van der Waals surface area contributed by atoms with E-state index in [2.05, 4.69) is 10.3 Å². The molecule has 0 unspecified atom stereocenters. The van der Waals surface area contributed by atoms with Gasteiger partial charge in [-0.15, -0.1) is 11.3 Å². The van der Waals surface area contributed by atoms with Crippen LogP contribution in [0.2, 0.25) is 0 Å². The number of hydrogen-bond donors (Lipinski definition) is 1. The van der Waals surface area contributed by atoms with Gasteiger partial charge in [-0.05, 0) is 55.1 Å². The number of nitrogens with zero attached hydrogens (tertiary/aromatic N) is 2. The van der Waals surface area contributed by atoms with E-state index >= 15 is 0 Å². The molecule has 31 heavy (non-hydrogen) atoms. The first-order chi connectivity index (χ1) is 15.1. The maximum absolute atomic E-state index is 13.2. The number of thiophene rings is 1. The highest BCUT2D eigenvalue weighted by atomic mass is 32.2. The first-order valence-corrected chi connectivity index (χ1v) is 11.6. The van der Waals surface area contributed by atoms with Crippen molar-refractivity contribution in [3.63, 3.8) is 0 Å². The second-order valence-corrected chi connectivity index (χ2v) is 8.63. The molecule has 8 heteroatoms. The molecule has 158 valence electrons. The van der Waals surface area contributed by atoms with Crippen LogP contribution >= 0.6 is 23.1 Å². The zero-order valence-electron chi connectivity index (χ0n) is 17.1. The average Bonchev–Trinajstić information content (AvgIpc) is 3.23. The molecule has 0 radical (unpaired) electrons. The Morgan fingerprint density at radius 1 is 1.19 bits per heavy atom. The van der Waals surface area contributed by atoms with Gasteiger partial charge in [-0.1, -0.05) is 36.0 Å².